The number of halogens is 1. The number of amides is 3. The van der Waals surface area contributed by atoms with Gasteiger partial charge in [0.15, 0.2) is 6.23 Å². The van der Waals surface area contributed by atoms with E-state index in [1.165, 1.54) is 43.0 Å². The summed E-state index contributed by atoms with van der Waals surface area (Å²) in [6.07, 6.45) is -1.51. The highest BCUT2D eigenvalue weighted by atomic mass is 19.1. The van der Waals surface area contributed by atoms with Crippen LogP contribution in [0.15, 0.2) is 18.2 Å². The topological polar surface area (TPSA) is 79.0 Å². The molecule has 1 aliphatic heterocycles. The van der Waals surface area contributed by atoms with Crippen molar-refractivity contribution >= 4 is 23.6 Å². The third kappa shape index (κ3) is 3.25. The highest BCUT2D eigenvalue weighted by Gasteiger charge is 2.40. The molecule has 23 heavy (non-hydrogen) atoms. The van der Waals surface area contributed by atoms with E-state index in [1.54, 1.807) is 6.92 Å². The zero-order chi connectivity index (χ0) is 17.3. The molecule has 0 bridgehead atoms. The Bertz CT molecular complexity index is 662. The fraction of sp³-hybridized carbons (Fsp3) is 0.400. The molecular formula is C15H18FN3O4. The van der Waals surface area contributed by atoms with Gasteiger partial charge in [0.2, 0.25) is 5.91 Å². The van der Waals surface area contributed by atoms with E-state index in [0.29, 0.717) is 0 Å². The van der Waals surface area contributed by atoms with Crippen LogP contribution in [0.2, 0.25) is 0 Å². The average molecular weight is 323 g/mol. The van der Waals surface area contributed by atoms with Crippen LogP contribution < -0.4 is 10.2 Å². The van der Waals surface area contributed by atoms with Crippen molar-refractivity contribution < 1.29 is 23.5 Å². The van der Waals surface area contributed by atoms with E-state index in [-0.39, 0.29) is 17.2 Å². The van der Waals surface area contributed by atoms with Gasteiger partial charge >= 0.3 is 6.09 Å². The molecule has 1 aromatic carbocycles. The minimum absolute atomic E-state index is 0.0858. The molecular weight excluding hydrogens is 305 g/mol. The van der Waals surface area contributed by atoms with Crippen molar-refractivity contribution in [2.45, 2.75) is 26.1 Å². The normalized spacial score (nSPS) is 20.2. The van der Waals surface area contributed by atoms with Crippen molar-refractivity contribution in [3.8, 4) is 0 Å². The van der Waals surface area contributed by atoms with Crippen molar-refractivity contribution in [2.75, 3.05) is 19.0 Å². The standard InChI is InChI=1S/C15H18FN3O4/c1-8-13(17-9(2)20)23-15(22)19(8)10-5-6-11(12(16)7-10)14(21)18(3)4/h5-8,13H,1-4H3,(H,17,20)/t8?,13-/m0/s1. The fourth-order valence-corrected chi connectivity index (χ4v) is 2.32. The van der Waals surface area contributed by atoms with E-state index in [0.717, 1.165) is 6.07 Å². The van der Waals surface area contributed by atoms with Gasteiger partial charge in [-0.2, -0.15) is 0 Å². The van der Waals surface area contributed by atoms with Gasteiger partial charge < -0.3 is 15.0 Å². The molecule has 2 atom stereocenters. The number of hydrogen-bond donors (Lipinski definition) is 1. The van der Waals surface area contributed by atoms with Gasteiger partial charge in [-0.05, 0) is 25.1 Å². The monoisotopic (exact) mass is 323 g/mol. The Morgan fingerprint density at radius 3 is 2.52 bits per heavy atom. The maximum absolute atomic E-state index is 14.2. The number of nitrogens with zero attached hydrogens (tertiary/aromatic N) is 2. The first-order valence-corrected chi connectivity index (χ1v) is 7.00. The van der Waals surface area contributed by atoms with Crippen LogP contribution >= 0.6 is 0 Å². The second-order valence-corrected chi connectivity index (χ2v) is 5.48. The van der Waals surface area contributed by atoms with E-state index in [4.69, 9.17) is 4.74 Å². The fourth-order valence-electron chi connectivity index (χ4n) is 2.32. The summed E-state index contributed by atoms with van der Waals surface area (Å²) in [5, 5.41) is 2.50. The Hall–Kier alpha value is -2.64. The maximum atomic E-state index is 14.2. The highest BCUT2D eigenvalue weighted by molar-refractivity contribution is 5.96. The van der Waals surface area contributed by atoms with Crippen LogP contribution in [-0.4, -0.2) is 49.2 Å². The molecule has 7 nitrogen and oxygen atoms in total. The zero-order valence-corrected chi connectivity index (χ0v) is 13.3. The number of cyclic esters (lactones) is 1. The summed E-state index contributed by atoms with van der Waals surface area (Å²) < 4.78 is 19.2. The van der Waals surface area contributed by atoms with Crippen LogP contribution in [0.25, 0.3) is 0 Å². The molecule has 0 radical (unpaired) electrons. The Balaban J connectivity index is 2.28. The number of hydrogen-bond acceptors (Lipinski definition) is 4. The van der Waals surface area contributed by atoms with Crippen LogP contribution in [-0.2, 0) is 9.53 Å². The molecule has 0 aromatic heterocycles. The minimum atomic E-state index is -0.814. The maximum Gasteiger partial charge on any atom is 0.416 e. The summed E-state index contributed by atoms with van der Waals surface area (Å²) in [5.74, 6) is -1.54. The average Bonchev–Trinajstić information content (AvgIpc) is 2.71. The van der Waals surface area contributed by atoms with E-state index >= 15 is 0 Å². The first kappa shape index (κ1) is 16.7. The van der Waals surface area contributed by atoms with Crippen LogP contribution in [0.5, 0.6) is 0 Å². The van der Waals surface area contributed by atoms with E-state index in [1.807, 2.05) is 0 Å². The molecule has 0 aliphatic carbocycles. The van der Waals surface area contributed by atoms with Gasteiger partial charge in [0.25, 0.3) is 5.91 Å². The van der Waals surface area contributed by atoms with Gasteiger partial charge in [-0.3, -0.25) is 14.5 Å². The lowest BCUT2D eigenvalue weighted by Gasteiger charge is -2.21. The summed E-state index contributed by atoms with van der Waals surface area (Å²) in [6, 6.07) is 3.37. The van der Waals surface area contributed by atoms with Crippen molar-refractivity contribution in [3.63, 3.8) is 0 Å². The number of anilines is 1. The van der Waals surface area contributed by atoms with E-state index < -0.39 is 30.1 Å². The zero-order valence-electron chi connectivity index (χ0n) is 13.3. The van der Waals surface area contributed by atoms with Crippen molar-refractivity contribution in [2.24, 2.45) is 0 Å². The number of carbonyl (C=O) groups excluding carboxylic acids is 3. The number of nitrogens with one attached hydrogen (secondary N) is 1. The summed E-state index contributed by atoms with van der Waals surface area (Å²) in [7, 11) is 3.04. The molecule has 1 aliphatic rings. The van der Waals surface area contributed by atoms with E-state index in [2.05, 4.69) is 5.32 Å². The summed E-state index contributed by atoms with van der Waals surface area (Å²) in [6.45, 7) is 2.98. The summed E-state index contributed by atoms with van der Waals surface area (Å²) in [4.78, 5) is 37.4. The Morgan fingerprint density at radius 1 is 1.35 bits per heavy atom. The van der Waals surface area contributed by atoms with Gasteiger partial charge in [-0.1, -0.05) is 0 Å². The third-order valence-electron chi connectivity index (χ3n) is 3.48. The predicted octanol–water partition coefficient (Wildman–Crippen LogP) is 1.33. The lowest BCUT2D eigenvalue weighted by atomic mass is 10.1. The highest BCUT2D eigenvalue weighted by Crippen LogP contribution is 2.27. The smallest absolute Gasteiger partial charge is 0.416 e. The van der Waals surface area contributed by atoms with Crippen LogP contribution in [0.1, 0.15) is 24.2 Å². The second kappa shape index (κ2) is 6.23. The first-order valence-electron chi connectivity index (χ1n) is 7.00. The molecule has 1 saturated heterocycles. The van der Waals surface area contributed by atoms with Crippen molar-refractivity contribution in [3.05, 3.63) is 29.6 Å². The number of ether oxygens (including phenoxy) is 1. The van der Waals surface area contributed by atoms with Gasteiger partial charge in [0.05, 0.1) is 17.3 Å². The molecule has 8 heteroatoms. The predicted molar refractivity (Wildman–Crippen MR) is 80.4 cm³/mol. The second-order valence-electron chi connectivity index (χ2n) is 5.48. The SMILES string of the molecule is CC(=O)N[C@H]1OC(=O)N(c2ccc(C(=O)N(C)C)c(F)c2)C1C. The molecule has 0 spiro atoms. The molecule has 1 N–H and O–H groups in total. The minimum Gasteiger partial charge on any atom is -0.423 e. The van der Waals surface area contributed by atoms with Gasteiger partial charge in [-0.15, -0.1) is 0 Å². The molecule has 124 valence electrons. The first-order chi connectivity index (χ1) is 10.7. The molecule has 1 fully saturated rings. The molecule has 1 heterocycles. The Kier molecular flexibility index (Phi) is 4.53. The van der Waals surface area contributed by atoms with Gasteiger partial charge in [0, 0.05) is 21.0 Å². The molecule has 1 aromatic rings. The molecule has 1 unspecified atom stereocenters. The van der Waals surface area contributed by atoms with Crippen LogP contribution in [0.3, 0.4) is 0 Å². The summed E-state index contributed by atoms with van der Waals surface area (Å²) >= 11 is 0. The van der Waals surface area contributed by atoms with Crippen molar-refractivity contribution in [1.82, 2.24) is 10.2 Å². The molecule has 3 amide bonds. The van der Waals surface area contributed by atoms with E-state index in [9.17, 15) is 18.8 Å². The quantitative estimate of drug-likeness (QED) is 0.910. The molecule has 2 rings (SSSR count). The lowest BCUT2D eigenvalue weighted by Crippen LogP contribution is -2.43. The van der Waals surface area contributed by atoms with Gasteiger partial charge in [0.1, 0.15) is 5.82 Å². The van der Waals surface area contributed by atoms with Gasteiger partial charge in [-0.25, -0.2) is 9.18 Å². The lowest BCUT2D eigenvalue weighted by molar-refractivity contribution is -0.121. The summed E-state index contributed by atoms with van der Waals surface area (Å²) in [5.41, 5.74) is 0.167. The van der Waals surface area contributed by atoms with Crippen molar-refractivity contribution in [1.29, 1.82) is 0 Å². The largest absolute Gasteiger partial charge is 0.423 e. The number of carbonyl (C=O) groups is 3. The third-order valence-corrected chi connectivity index (χ3v) is 3.48. The Labute approximate surface area is 133 Å². The van der Waals surface area contributed by atoms with Crippen LogP contribution in [0, 0.1) is 5.82 Å². The Morgan fingerprint density at radius 2 is 2.00 bits per heavy atom. The van der Waals surface area contributed by atoms with Crippen LogP contribution in [0.4, 0.5) is 14.9 Å². The molecule has 0 saturated carbocycles. The number of benzene rings is 1. The number of rotatable bonds is 3.